The summed E-state index contributed by atoms with van der Waals surface area (Å²) in [6, 6.07) is 8.71. The van der Waals surface area contributed by atoms with E-state index in [-0.39, 0.29) is 0 Å². The zero-order chi connectivity index (χ0) is 15.2. The van der Waals surface area contributed by atoms with Gasteiger partial charge in [0.25, 0.3) is 0 Å². The molecule has 0 saturated carbocycles. The number of hydrogen-bond acceptors (Lipinski definition) is 2. The predicted molar refractivity (Wildman–Crippen MR) is 95.0 cm³/mol. The van der Waals surface area contributed by atoms with Crippen LogP contribution in [-0.2, 0) is 6.42 Å². The molecule has 1 aromatic carbocycles. The third-order valence-corrected chi connectivity index (χ3v) is 3.63. The molecule has 0 aromatic heterocycles. The van der Waals surface area contributed by atoms with Gasteiger partial charge in [-0.15, -0.1) is 11.8 Å². The summed E-state index contributed by atoms with van der Waals surface area (Å²) in [4.78, 5) is 5.45. The van der Waals surface area contributed by atoms with Crippen LogP contribution in [0.2, 0.25) is 0 Å². The van der Waals surface area contributed by atoms with Crippen molar-refractivity contribution in [2.24, 2.45) is 10.9 Å². The van der Waals surface area contributed by atoms with Gasteiger partial charge in [0.05, 0.1) is 0 Å². The molecule has 0 N–H and O–H groups in total. The summed E-state index contributed by atoms with van der Waals surface area (Å²) in [6.45, 7) is 8.53. The molecule has 1 nitrogen and oxygen atoms in total. The molecule has 0 unspecified atom stereocenters. The van der Waals surface area contributed by atoms with Gasteiger partial charge in [-0.05, 0) is 49.6 Å². The Morgan fingerprint density at radius 1 is 1.20 bits per heavy atom. The molecule has 2 heteroatoms. The highest BCUT2D eigenvalue weighted by Gasteiger charge is 1.92. The first kappa shape index (κ1) is 19.0. The van der Waals surface area contributed by atoms with Gasteiger partial charge in [0.1, 0.15) is 0 Å². The molecule has 1 rings (SSSR count). The van der Waals surface area contributed by atoms with E-state index < -0.39 is 0 Å². The van der Waals surface area contributed by atoms with Gasteiger partial charge in [-0.3, -0.25) is 4.99 Å². The third-order valence-electron chi connectivity index (χ3n) is 2.89. The Morgan fingerprint density at radius 2 is 1.85 bits per heavy atom. The summed E-state index contributed by atoms with van der Waals surface area (Å²) in [5.41, 5.74) is 1.41. The Balaban J connectivity index is 0.000000361. The Hall–Kier alpha value is -1.02. The molecule has 0 aliphatic rings. The minimum absolute atomic E-state index is 0.626. The Morgan fingerprint density at radius 3 is 2.30 bits per heavy atom. The van der Waals surface area contributed by atoms with Gasteiger partial charge in [-0.2, -0.15) is 0 Å². The van der Waals surface area contributed by atoms with E-state index in [9.17, 15) is 0 Å². The molecule has 1 atom stereocenters. The van der Waals surface area contributed by atoms with Gasteiger partial charge < -0.3 is 0 Å². The highest BCUT2D eigenvalue weighted by Crippen LogP contribution is 2.14. The van der Waals surface area contributed by atoms with E-state index in [4.69, 9.17) is 0 Å². The average molecular weight is 292 g/mol. The van der Waals surface area contributed by atoms with Crippen LogP contribution in [0, 0.1) is 5.92 Å². The van der Waals surface area contributed by atoms with Crippen molar-refractivity contribution < 1.29 is 0 Å². The van der Waals surface area contributed by atoms with Gasteiger partial charge in [0.2, 0.25) is 0 Å². The maximum Gasteiger partial charge on any atom is 0.0221 e. The molecule has 0 fully saturated rings. The molecule has 1 aromatic rings. The second-order valence-electron chi connectivity index (χ2n) is 4.75. The molecule has 0 aliphatic heterocycles. The number of allylic oxidation sites excluding steroid dienone is 1. The number of aryl methyl sites for hydroxylation is 1. The first-order valence-corrected chi connectivity index (χ1v) is 8.67. The lowest BCUT2D eigenvalue weighted by Gasteiger charge is -1.99. The first-order chi connectivity index (χ1) is 9.67. The Bertz CT molecular complexity index is 356. The van der Waals surface area contributed by atoms with E-state index in [1.165, 1.54) is 23.3 Å². The van der Waals surface area contributed by atoms with Crippen LogP contribution in [0.1, 0.15) is 46.1 Å². The fraction of sp³-hybridized carbons (Fsp3) is 0.500. The smallest absolute Gasteiger partial charge is 0.0221 e. The van der Waals surface area contributed by atoms with Crippen LogP contribution in [0.3, 0.4) is 0 Å². The van der Waals surface area contributed by atoms with Crippen molar-refractivity contribution in [1.29, 1.82) is 0 Å². The molecule has 0 heterocycles. The summed E-state index contributed by atoms with van der Waals surface area (Å²) in [5.74, 6) is 0.626. The first-order valence-electron chi connectivity index (χ1n) is 7.45. The largest absolute Gasteiger partial charge is 0.269 e. The van der Waals surface area contributed by atoms with Crippen molar-refractivity contribution in [3.8, 4) is 0 Å². The lowest BCUT2D eigenvalue weighted by Crippen LogP contribution is -1.93. The fourth-order valence-corrected chi connectivity index (χ4v) is 2.08. The second-order valence-corrected chi connectivity index (χ2v) is 5.63. The minimum atomic E-state index is 0.626. The highest BCUT2D eigenvalue weighted by atomic mass is 32.2. The van der Waals surface area contributed by atoms with E-state index in [1.54, 1.807) is 11.8 Å². The van der Waals surface area contributed by atoms with E-state index in [1.807, 2.05) is 25.4 Å². The molecular formula is C18H29NS. The van der Waals surface area contributed by atoms with Gasteiger partial charge in [0, 0.05) is 17.3 Å². The number of nitrogens with zero attached hydrogens (tertiary/aromatic N) is 1. The average Bonchev–Trinajstić information content (AvgIpc) is 2.48. The van der Waals surface area contributed by atoms with Crippen molar-refractivity contribution >= 4 is 18.0 Å². The van der Waals surface area contributed by atoms with E-state index in [2.05, 4.69) is 56.3 Å². The van der Waals surface area contributed by atoms with Crippen LogP contribution in [0.25, 0.3) is 0 Å². The van der Waals surface area contributed by atoms with Gasteiger partial charge >= 0.3 is 0 Å². The molecule has 0 amide bonds. The fourth-order valence-electron chi connectivity index (χ4n) is 1.67. The van der Waals surface area contributed by atoms with E-state index in [0.29, 0.717) is 5.92 Å². The second kappa shape index (κ2) is 13.0. The molecule has 0 spiro atoms. The lowest BCUT2D eigenvalue weighted by atomic mass is 10.1. The predicted octanol–water partition coefficient (Wildman–Crippen LogP) is 6.00. The third kappa shape index (κ3) is 9.85. The SMILES string of the molecule is C/C=C\N=C[C@H](C)CCC.CCc1ccc(SC)cc1. The summed E-state index contributed by atoms with van der Waals surface area (Å²) in [5, 5.41) is 0. The number of aliphatic imine (C=N–C) groups is 1. The lowest BCUT2D eigenvalue weighted by molar-refractivity contribution is 0.677. The number of thioether (sulfide) groups is 1. The quantitative estimate of drug-likeness (QED) is 0.462. The normalized spacial score (nSPS) is 12.4. The van der Waals surface area contributed by atoms with Crippen LogP contribution in [0.15, 0.2) is 46.4 Å². The van der Waals surface area contributed by atoms with Crippen molar-refractivity contribution in [3.63, 3.8) is 0 Å². The van der Waals surface area contributed by atoms with Gasteiger partial charge in [0.15, 0.2) is 0 Å². The zero-order valence-corrected chi connectivity index (χ0v) is 14.4. The van der Waals surface area contributed by atoms with Crippen LogP contribution in [0.5, 0.6) is 0 Å². The maximum absolute atomic E-state index is 4.10. The molecule has 0 aliphatic carbocycles. The summed E-state index contributed by atoms with van der Waals surface area (Å²) < 4.78 is 0. The highest BCUT2D eigenvalue weighted by molar-refractivity contribution is 7.98. The molecule has 20 heavy (non-hydrogen) atoms. The van der Waals surface area contributed by atoms with Crippen molar-refractivity contribution in [1.82, 2.24) is 0 Å². The minimum Gasteiger partial charge on any atom is -0.269 e. The molecular weight excluding hydrogens is 262 g/mol. The van der Waals surface area contributed by atoms with Crippen LogP contribution in [0.4, 0.5) is 0 Å². The van der Waals surface area contributed by atoms with Crippen molar-refractivity contribution in [2.45, 2.75) is 51.9 Å². The van der Waals surface area contributed by atoms with Crippen molar-refractivity contribution in [3.05, 3.63) is 42.1 Å². The summed E-state index contributed by atoms with van der Waals surface area (Å²) in [6.07, 6.45) is 11.5. The van der Waals surface area contributed by atoms with E-state index >= 15 is 0 Å². The number of rotatable bonds is 6. The van der Waals surface area contributed by atoms with E-state index in [0.717, 1.165) is 6.42 Å². The van der Waals surface area contributed by atoms with Crippen LogP contribution in [-0.4, -0.2) is 12.5 Å². The maximum atomic E-state index is 4.10. The molecule has 0 saturated heterocycles. The number of hydrogen-bond donors (Lipinski definition) is 0. The molecule has 112 valence electrons. The zero-order valence-electron chi connectivity index (χ0n) is 13.6. The van der Waals surface area contributed by atoms with Crippen LogP contribution >= 0.6 is 11.8 Å². The molecule has 0 radical (unpaired) electrons. The summed E-state index contributed by atoms with van der Waals surface area (Å²) >= 11 is 1.79. The topological polar surface area (TPSA) is 12.4 Å². The van der Waals surface area contributed by atoms with Crippen LogP contribution < -0.4 is 0 Å². The Kier molecular flexibility index (Phi) is 12.3. The molecule has 0 bridgehead atoms. The van der Waals surface area contributed by atoms with Crippen molar-refractivity contribution in [2.75, 3.05) is 6.26 Å². The number of benzene rings is 1. The van der Waals surface area contributed by atoms with Gasteiger partial charge in [-0.1, -0.05) is 45.4 Å². The Labute approximate surface area is 129 Å². The standard InChI is InChI=1S/C9H17N.C9H12S/c1-4-6-9(3)8-10-7-5-2;1-3-8-4-6-9(10-2)7-5-8/h5,7-9H,4,6H2,1-3H3;4-7H,3H2,1-2H3/b7-5-,10-8?;/t9-;/m1./s1. The van der Waals surface area contributed by atoms with Gasteiger partial charge in [-0.25, -0.2) is 0 Å². The summed E-state index contributed by atoms with van der Waals surface area (Å²) in [7, 11) is 0. The monoisotopic (exact) mass is 291 g/mol.